The molecule has 6 heteroatoms. The first-order chi connectivity index (χ1) is 10.6. The first-order valence-corrected chi connectivity index (χ1v) is 7.69. The Morgan fingerprint density at radius 3 is 2.64 bits per heavy atom. The molecule has 1 aliphatic heterocycles. The van der Waals surface area contributed by atoms with E-state index in [4.69, 9.17) is 4.74 Å². The maximum atomic E-state index is 11.5. The number of hydrogen-bond donors (Lipinski definition) is 1. The fourth-order valence-electron chi connectivity index (χ4n) is 2.12. The van der Waals surface area contributed by atoms with Crippen molar-refractivity contribution in [3.63, 3.8) is 0 Å². The van der Waals surface area contributed by atoms with Crippen molar-refractivity contribution in [3.05, 3.63) is 53.7 Å². The minimum absolute atomic E-state index is 0.223. The van der Waals surface area contributed by atoms with Gasteiger partial charge in [0.1, 0.15) is 5.75 Å². The zero-order valence-electron chi connectivity index (χ0n) is 11.9. The third-order valence-electron chi connectivity index (χ3n) is 3.22. The van der Waals surface area contributed by atoms with Gasteiger partial charge in [0.15, 0.2) is 0 Å². The normalized spacial score (nSPS) is 17.4. The predicted octanol–water partition coefficient (Wildman–Crippen LogP) is 3.08. The Morgan fingerprint density at radius 1 is 1.23 bits per heavy atom. The van der Waals surface area contributed by atoms with Crippen LogP contribution in [0, 0.1) is 6.92 Å². The molecule has 1 aromatic carbocycles. The molecule has 2 heterocycles. The molecular weight excluding hydrogens is 300 g/mol. The van der Waals surface area contributed by atoms with Crippen molar-refractivity contribution in [1.82, 2.24) is 10.3 Å². The lowest BCUT2D eigenvalue weighted by molar-refractivity contribution is -0.118. The molecule has 0 aliphatic carbocycles. The highest BCUT2D eigenvalue weighted by atomic mass is 32.2. The second-order valence-corrected chi connectivity index (χ2v) is 6.18. The van der Waals surface area contributed by atoms with Crippen LogP contribution in [0.5, 0.6) is 11.6 Å². The largest absolute Gasteiger partial charge is 0.439 e. The average Bonchev–Trinajstić information content (AvgIpc) is 2.79. The van der Waals surface area contributed by atoms with Crippen molar-refractivity contribution in [3.8, 4) is 11.6 Å². The number of aromatic nitrogens is 1. The van der Waals surface area contributed by atoms with Gasteiger partial charge in [-0.05, 0) is 42.7 Å². The SMILES string of the molecule is Cc1ccnc(Oc2ccc(CC3SC(=O)NC3=O)cc2)c1. The molecular formula is C16H14N2O3S. The van der Waals surface area contributed by atoms with Crippen LogP contribution in [-0.2, 0) is 11.2 Å². The number of nitrogens with one attached hydrogen (secondary N) is 1. The number of hydrogen-bond acceptors (Lipinski definition) is 5. The van der Waals surface area contributed by atoms with Crippen molar-refractivity contribution >= 4 is 22.9 Å². The van der Waals surface area contributed by atoms with Crippen LogP contribution in [0.15, 0.2) is 42.6 Å². The molecule has 0 spiro atoms. The Labute approximate surface area is 132 Å². The Balaban J connectivity index is 1.65. The number of imide groups is 1. The predicted molar refractivity (Wildman–Crippen MR) is 84.1 cm³/mol. The molecule has 1 unspecified atom stereocenters. The van der Waals surface area contributed by atoms with E-state index in [1.54, 1.807) is 6.20 Å². The summed E-state index contributed by atoms with van der Waals surface area (Å²) in [7, 11) is 0. The van der Waals surface area contributed by atoms with Gasteiger partial charge in [0.2, 0.25) is 11.8 Å². The maximum absolute atomic E-state index is 11.5. The lowest BCUT2D eigenvalue weighted by Gasteiger charge is -2.08. The van der Waals surface area contributed by atoms with Gasteiger partial charge in [0.05, 0.1) is 5.25 Å². The topological polar surface area (TPSA) is 68.3 Å². The summed E-state index contributed by atoms with van der Waals surface area (Å²) < 4.78 is 5.67. The first kappa shape index (κ1) is 14.6. The Morgan fingerprint density at radius 2 is 2.00 bits per heavy atom. The number of thioether (sulfide) groups is 1. The molecule has 0 saturated carbocycles. The Bertz CT molecular complexity index is 716. The van der Waals surface area contributed by atoms with E-state index in [1.807, 2.05) is 43.3 Å². The number of amides is 2. The molecule has 22 heavy (non-hydrogen) atoms. The van der Waals surface area contributed by atoms with Crippen molar-refractivity contribution in [2.45, 2.75) is 18.6 Å². The quantitative estimate of drug-likeness (QED) is 0.939. The van der Waals surface area contributed by atoms with Crippen LogP contribution in [-0.4, -0.2) is 21.4 Å². The van der Waals surface area contributed by atoms with E-state index in [0.29, 0.717) is 18.1 Å². The summed E-state index contributed by atoms with van der Waals surface area (Å²) in [5.41, 5.74) is 2.06. The van der Waals surface area contributed by atoms with E-state index in [1.165, 1.54) is 0 Å². The van der Waals surface area contributed by atoms with Crippen molar-refractivity contribution < 1.29 is 14.3 Å². The Kier molecular flexibility index (Phi) is 4.11. The molecule has 1 aliphatic rings. The van der Waals surface area contributed by atoms with Crippen LogP contribution < -0.4 is 10.1 Å². The molecule has 2 aromatic rings. The number of ether oxygens (including phenoxy) is 1. The van der Waals surface area contributed by atoms with Crippen molar-refractivity contribution in [2.24, 2.45) is 0 Å². The lowest BCUT2D eigenvalue weighted by Crippen LogP contribution is -2.25. The summed E-state index contributed by atoms with van der Waals surface area (Å²) >= 11 is 1.04. The standard InChI is InChI=1S/C16H14N2O3S/c1-10-6-7-17-14(8-10)21-12-4-2-11(3-5-12)9-13-15(19)18-16(20)22-13/h2-8,13H,9H2,1H3,(H,18,19,20). The molecule has 0 radical (unpaired) electrons. The second kappa shape index (κ2) is 6.19. The molecule has 1 atom stereocenters. The van der Waals surface area contributed by atoms with Crippen LogP contribution >= 0.6 is 11.8 Å². The van der Waals surface area contributed by atoms with Gasteiger partial charge in [0.25, 0.3) is 5.24 Å². The van der Waals surface area contributed by atoms with Crippen molar-refractivity contribution in [1.29, 1.82) is 0 Å². The van der Waals surface area contributed by atoms with Crippen LogP contribution in [0.2, 0.25) is 0 Å². The molecule has 112 valence electrons. The van der Waals surface area contributed by atoms with E-state index in [2.05, 4.69) is 10.3 Å². The number of rotatable bonds is 4. The van der Waals surface area contributed by atoms with E-state index in [-0.39, 0.29) is 16.4 Å². The summed E-state index contributed by atoms with van der Waals surface area (Å²) in [5.74, 6) is 1.00. The Hall–Kier alpha value is -2.34. The molecule has 0 bridgehead atoms. The number of pyridine rings is 1. The van der Waals surface area contributed by atoms with E-state index >= 15 is 0 Å². The second-order valence-electron chi connectivity index (χ2n) is 5.00. The highest BCUT2D eigenvalue weighted by Gasteiger charge is 2.31. The summed E-state index contributed by atoms with van der Waals surface area (Å²) in [6.45, 7) is 1.98. The van der Waals surface area contributed by atoms with Gasteiger partial charge >= 0.3 is 0 Å². The van der Waals surface area contributed by atoms with Crippen LogP contribution in [0.4, 0.5) is 4.79 Å². The summed E-state index contributed by atoms with van der Waals surface area (Å²) in [6, 6.07) is 11.2. The molecule has 1 N–H and O–H groups in total. The highest BCUT2D eigenvalue weighted by Crippen LogP contribution is 2.25. The van der Waals surface area contributed by atoms with Crippen LogP contribution in [0.25, 0.3) is 0 Å². The highest BCUT2D eigenvalue weighted by molar-refractivity contribution is 8.15. The van der Waals surface area contributed by atoms with Gasteiger partial charge < -0.3 is 4.74 Å². The van der Waals surface area contributed by atoms with Gasteiger partial charge in [-0.3, -0.25) is 14.9 Å². The molecule has 1 aromatic heterocycles. The summed E-state index contributed by atoms with van der Waals surface area (Å²) in [5, 5.41) is 1.66. The molecule has 5 nitrogen and oxygen atoms in total. The van der Waals surface area contributed by atoms with Gasteiger partial charge in [-0.15, -0.1) is 0 Å². The number of carbonyl (C=O) groups excluding carboxylic acids is 2. The van der Waals surface area contributed by atoms with E-state index in [0.717, 1.165) is 22.9 Å². The molecule has 1 fully saturated rings. The number of carbonyl (C=O) groups is 2. The zero-order chi connectivity index (χ0) is 15.5. The van der Waals surface area contributed by atoms with Gasteiger partial charge in [-0.25, -0.2) is 4.98 Å². The van der Waals surface area contributed by atoms with Crippen LogP contribution in [0.1, 0.15) is 11.1 Å². The molecule has 2 amide bonds. The average molecular weight is 314 g/mol. The minimum Gasteiger partial charge on any atom is -0.439 e. The van der Waals surface area contributed by atoms with Gasteiger partial charge in [-0.2, -0.15) is 0 Å². The van der Waals surface area contributed by atoms with E-state index in [9.17, 15) is 9.59 Å². The lowest BCUT2D eigenvalue weighted by atomic mass is 10.1. The molecule has 3 rings (SSSR count). The van der Waals surface area contributed by atoms with Crippen molar-refractivity contribution in [2.75, 3.05) is 0 Å². The third kappa shape index (κ3) is 3.46. The minimum atomic E-state index is -0.349. The van der Waals surface area contributed by atoms with E-state index < -0.39 is 0 Å². The summed E-state index contributed by atoms with van der Waals surface area (Å²) in [4.78, 5) is 26.8. The molecule has 1 saturated heterocycles. The first-order valence-electron chi connectivity index (χ1n) is 6.81. The summed E-state index contributed by atoms with van der Waals surface area (Å²) in [6.07, 6.45) is 2.22. The maximum Gasteiger partial charge on any atom is 0.286 e. The fraction of sp³-hybridized carbons (Fsp3) is 0.188. The number of aryl methyl sites for hydroxylation is 1. The zero-order valence-corrected chi connectivity index (χ0v) is 12.7. The smallest absolute Gasteiger partial charge is 0.286 e. The fourth-order valence-corrected chi connectivity index (χ4v) is 2.98. The third-order valence-corrected chi connectivity index (χ3v) is 4.21. The van der Waals surface area contributed by atoms with Gasteiger partial charge in [0, 0.05) is 12.3 Å². The number of nitrogens with zero attached hydrogens (tertiary/aromatic N) is 1. The number of benzene rings is 1. The monoisotopic (exact) mass is 314 g/mol. The van der Waals surface area contributed by atoms with Gasteiger partial charge in [-0.1, -0.05) is 23.9 Å². The van der Waals surface area contributed by atoms with Crippen LogP contribution in [0.3, 0.4) is 0 Å².